The summed E-state index contributed by atoms with van der Waals surface area (Å²) < 4.78 is 11.0. The van der Waals surface area contributed by atoms with E-state index in [-0.39, 0.29) is 24.8 Å². The molecule has 3 heterocycles. The number of carbonyl (C=O) groups excluding carboxylic acids is 1. The van der Waals surface area contributed by atoms with E-state index in [4.69, 9.17) is 13.9 Å². The van der Waals surface area contributed by atoms with E-state index in [2.05, 4.69) is 5.43 Å². The third kappa shape index (κ3) is 3.40. The van der Waals surface area contributed by atoms with Crippen LogP contribution in [0.2, 0.25) is 0 Å². The van der Waals surface area contributed by atoms with Crippen molar-refractivity contribution in [2.24, 2.45) is 0 Å². The number of hydrogen-bond acceptors (Lipinski definition) is 5. The van der Waals surface area contributed by atoms with Gasteiger partial charge in [-0.05, 0) is 60.8 Å². The lowest BCUT2D eigenvalue weighted by molar-refractivity contribution is -0.142. The van der Waals surface area contributed by atoms with E-state index >= 15 is 0 Å². The molecule has 1 aliphatic carbocycles. The Morgan fingerprint density at radius 3 is 2.70 bits per heavy atom. The van der Waals surface area contributed by atoms with Gasteiger partial charge >= 0.3 is 5.97 Å². The Kier molecular flexibility index (Phi) is 4.58. The maximum Gasteiger partial charge on any atom is 0.303 e. The molecular formula is C20H20N2O5. The number of nitrogens with one attached hydrogen (secondary N) is 1. The number of carboxylic acids is 1. The summed E-state index contributed by atoms with van der Waals surface area (Å²) in [6.07, 6.45) is 7.57. The molecule has 1 amide bonds. The average molecular weight is 368 g/mol. The molecule has 0 bridgehead atoms. The van der Waals surface area contributed by atoms with Crippen molar-refractivity contribution in [3.05, 3.63) is 65.2 Å². The second-order valence-electron chi connectivity index (χ2n) is 6.63. The number of carboxylic acid groups (broad SMARTS) is 1. The molecule has 1 atom stereocenters. The predicted octanol–water partition coefficient (Wildman–Crippen LogP) is 3.65. The Morgan fingerprint density at radius 2 is 2.00 bits per heavy atom. The average Bonchev–Trinajstić information content (AvgIpc) is 3.39. The Morgan fingerprint density at radius 1 is 1.19 bits per heavy atom. The first-order valence-corrected chi connectivity index (χ1v) is 8.95. The van der Waals surface area contributed by atoms with Gasteiger partial charge in [-0.3, -0.25) is 15.0 Å². The second-order valence-corrected chi connectivity index (χ2v) is 6.63. The number of carbonyl (C=O) groups is 2. The van der Waals surface area contributed by atoms with Crippen molar-refractivity contribution in [3.63, 3.8) is 0 Å². The fourth-order valence-electron chi connectivity index (χ4n) is 3.66. The number of hydrogen-bond donors (Lipinski definition) is 2. The van der Waals surface area contributed by atoms with Gasteiger partial charge in [0.05, 0.1) is 24.6 Å². The Hall–Kier alpha value is -3.22. The van der Waals surface area contributed by atoms with E-state index in [9.17, 15) is 9.59 Å². The molecule has 0 spiro atoms. The number of aliphatic carboxylic acids is 1. The molecule has 0 fully saturated rings. The van der Waals surface area contributed by atoms with E-state index in [1.165, 1.54) is 5.01 Å². The molecule has 0 saturated carbocycles. The molecule has 0 aromatic carbocycles. The highest BCUT2D eigenvalue weighted by Gasteiger charge is 2.40. The molecule has 7 nitrogen and oxygen atoms in total. The van der Waals surface area contributed by atoms with Crippen molar-refractivity contribution in [1.82, 2.24) is 10.4 Å². The van der Waals surface area contributed by atoms with Crippen LogP contribution >= 0.6 is 0 Å². The van der Waals surface area contributed by atoms with Crippen molar-refractivity contribution >= 4 is 18.0 Å². The van der Waals surface area contributed by atoms with Crippen LogP contribution in [0.5, 0.6) is 0 Å². The molecule has 0 unspecified atom stereocenters. The fraction of sp³-hybridized carbons (Fsp3) is 0.300. The molecule has 140 valence electrons. The van der Waals surface area contributed by atoms with Gasteiger partial charge in [-0.25, -0.2) is 5.01 Å². The lowest BCUT2D eigenvalue weighted by Gasteiger charge is -2.25. The van der Waals surface area contributed by atoms with Gasteiger partial charge in [0, 0.05) is 6.42 Å². The van der Waals surface area contributed by atoms with E-state index in [0.717, 1.165) is 41.9 Å². The van der Waals surface area contributed by atoms with E-state index in [1.54, 1.807) is 18.6 Å². The molecular weight excluding hydrogens is 348 g/mol. The van der Waals surface area contributed by atoms with Gasteiger partial charge in [-0.15, -0.1) is 0 Å². The molecule has 2 aliphatic rings. The molecule has 2 N–H and O–H groups in total. The summed E-state index contributed by atoms with van der Waals surface area (Å²) in [5, 5.41) is 10.4. The third-order valence-corrected chi connectivity index (χ3v) is 4.85. The zero-order chi connectivity index (χ0) is 18.8. The molecule has 27 heavy (non-hydrogen) atoms. The SMILES string of the molecule is O=C(O)CCC(=O)N1NC2=C(CCC/C2=C\c2ccco2)[C@@H]1c1ccco1. The van der Waals surface area contributed by atoms with E-state index in [1.807, 2.05) is 24.3 Å². The first kappa shape index (κ1) is 17.2. The zero-order valence-electron chi connectivity index (χ0n) is 14.7. The lowest BCUT2D eigenvalue weighted by atomic mass is 9.88. The smallest absolute Gasteiger partial charge is 0.303 e. The minimum atomic E-state index is -0.992. The molecule has 1 aliphatic heterocycles. The zero-order valence-corrected chi connectivity index (χ0v) is 14.7. The predicted molar refractivity (Wildman–Crippen MR) is 95.9 cm³/mol. The van der Waals surface area contributed by atoms with Crippen molar-refractivity contribution in [1.29, 1.82) is 0 Å². The Labute approximate surface area is 155 Å². The van der Waals surface area contributed by atoms with Crippen molar-refractivity contribution < 1.29 is 23.5 Å². The first-order valence-electron chi connectivity index (χ1n) is 8.95. The topological polar surface area (TPSA) is 95.9 Å². The van der Waals surface area contributed by atoms with Crippen LogP contribution in [0, 0.1) is 0 Å². The van der Waals surface area contributed by atoms with Crippen molar-refractivity contribution in [3.8, 4) is 0 Å². The van der Waals surface area contributed by atoms with Crippen LogP contribution in [-0.2, 0) is 9.59 Å². The lowest BCUT2D eigenvalue weighted by Crippen LogP contribution is -2.40. The normalized spacial score (nSPS) is 20.7. The van der Waals surface area contributed by atoms with Crippen molar-refractivity contribution in [2.75, 3.05) is 0 Å². The Balaban J connectivity index is 1.68. The van der Waals surface area contributed by atoms with Crippen LogP contribution < -0.4 is 5.43 Å². The van der Waals surface area contributed by atoms with Gasteiger partial charge in [0.25, 0.3) is 0 Å². The minimum absolute atomic E-state index is 0.0721. The summed E-state index contributed by atoms with van der Waals surface area (Å²) in [7, 11) is 0. The number of hydrazine groups is 1. The summed E-state index contributed by atoms with van der Waals surface area (Å²) in [4.78, 5) is 23.6. The molecule has 4 rings (SSSR count). The van der Waals surface area contributed by atoms with Crippen molar-refractivity contribution in [2.45, 2.75) is 38.1 Å². The largest absolute Gasteiger partial charge is 0.481 e. The second kappa shape index (κ2) is 7.19. The van der Waals surface area contributed by atoms with Gasteiger partial charge in [-0.1, -0.05) is 0 Å². The van der Waals surface area contributed by atoms with Crippen LogP contribution in [0.4, 0.5) is 0 Å². The maximum atomic E-state index is 12.7. The van der Waals surface area contributed by atoms with Crippen LogP contribution in [0.1, 0.15) is 49.7 Å². The van der Waals surface area contributed by atoms with Gasteiger partial charge < -0.3 is 13.9 Å². The number of allylic oxidation sites excluding steroid dienone is 1. The molecule has 0 saturated heterocycles. The highest BCUT2D eigenvalue weighted by molar-refractivity contribution is 5.82. The first-order chi connectivity index (χ1) is 13.1. The highest BCUT2D eigenvalue weighted by atomic mass is 16.4. The summed E-state index contributed by atoms with van der Waals surface area (Å²) in [6.45, 7) is 0. The van der Waals surface area contributed by atoms with Gasteiger partial charge in [0.15, 0.2) is 0 Å². The maximum absolute atomic E-state index is 12.7. The number of rotatable bonds is 5. The van der Waals surface area contributed by atoms with Gasteiger partial charge in [-0.2, -0.15) is 0 Å². The van der Waals surface area contributed by atoms with Crippen LogP contribution in [-0.4, -0.2) is 22.0 Å². The quantitative estimate of drug-likeness (QED) is 0.836. The summed E-state index contributed by atoms with van der Waals surface area (Å²) in [5.74, 6) is 0.153. The van der Waals surface area contributed by atoms with Crippen LogP contribution in [0.15, 0.2) is 62.5 Å². The third-order valence-electron chi connectivity index (χ3n) is 4.85. The van der Waals surface area contributed by atoms with E-state index in [0.29, 0.717) is 5.76 Å². The molecule has 2 aromatic heterocycles. The van der Waals surface area contributed by atoms with E-state index < -0.39 is 5.97 Å². The molecule has 2 aromatic rings. The number of furan rings is 2. The summed E-state index contributed by atoms with van der Waals surface area (Å²) >= 11 is 0. The molecule has 7 heteroatoms. The molecule has 0 radical (unpaired) electrons. The van der Waals surface area contributed by atoms with Gasteiger partial charge in [0.2, 0.25) is 5.91 Å². The van der Waals surface area contributed by atoms with Gasteiger partial charge in [0.1, 0.15) is 17.6 Å². The standard InChI is InChI=1S/C20H20N2O5/c23-17(8-9-18(24)25)22-20(16-7-3-11-27-16)15-6-1-4-13(19(15)21-22)12-14-5-2-10-26-14/h2-3,5,7,10-12,20-21H,1,4,6,8-9H2,(H,24,25)/b13-12+/t20-/m1/s1. The number of amides is 1. The highest BCUT2D eigenvalue weighted by Crippen LogP contribution is 2.44. The minimum Gasteiger partial charge on any atom is -0.481 e. The fourth-order valence-corrected chi connectivity index (χ4v) is 3.66. The monoisotopic (exact) mass is 368 g/mol. The van der Waals surface area contributed by atoms with Crippen LogP contribution in [0.25, 0.3) is 6.08 Å². The summed E-state index contributed by atoms with van der Waals surface area (Å²) in [6, 6.07) is 6.98. The number of nitrogens with zero attached hydrogens (tertiary/aromatic N) is 1. The summed E-state index contributed by atoms with van der Waals surface area (Å²) in [5.41, 5.74) is 6.27. The van der Waals surface area contributed by atoms with Crippen LogP contribution in [0.3, 0.4) is 0 Å². The Bertz CT molecular complexity index is 893.